The van der Waals surface area contributed by atoms with Gasteiger partial charge in [0.2, 0.25) is 0 Å². The number of piperazine rings is 1. The maximum absolute atomic E-state index is 2.74. The Labute approximate surface area is 137 Å². The van der Waals surface area contributed by atoms with E-state index in [1.54, 1.807) is 0 Å². The Kier molecular flexibility index (Phi) is 7.47. The molecule has 0 bridgehead atoms. The summed E-state index contributed by atoms with van der Waals surface area (Å²) in [7, 11) is 2.25. The maximum Gasteiger partial charge on any atom is 0.0323 e. The van der Waals surface area contributed by atoms with Gasteiger partial charge in [-0.15, -0.1) is 0 Å². The first-order valence-electron chi connectivity index (χ1n) is 9.28. The highest BCUT2D eigenvalue weighted by molar-refractivity contribution is 5.18. The van der Waals surface area contributed by atoms with Gasteiger partial charge in [-0.1, -0.05) is 32.4 Å². The molecule has 0 saturated carbocycles. The second-order valence-corrected chi connectivity index (χ2v) is 6.79. The van der Waals surface area contributed by atoms with Crippen LogP contribution in [-0.2, 0) is 0 Å². The van der Waals surface area contributed by atoms with Crippen molar-refractivity contribution < 1.29 is 0 Å². The van der Waals surface area contributed by atoms with E-state index >= 15 is 0 Å². The molecule has 22 heavy (non-hydrogen) atoms. The van der Waals surface area contributed by atoms with Crippen LogP contribution in [0.2, 0.25) is 0 Å². The molecule has 0 radical (unpaired) electrons. The van der Waals surface area contributed by atoms with Gasteiger partial charge in [-0.2, -0.15) is 0 Å². The zero-order valence-corrected chi connectivity index (χ0v) is 14.9. The Morgan fingerprint density at radius 3 is 2.27 bits per heavy atom. The van der Waals surface area contributed by atoms with Gasteiger partial charge in [-0.05, 0) is 51.9 Å². The molecule has 2 aliphatic rings. The first kappa shape index (κ1) is 17.6. The average Bonchev–Trinajstić information content (AvgIpc) is 2.55. The van der Waals surface area contributed by atoms with Crippen molar-refractivity contribution in [3.63, 3.8) is 0 Å². The molecule has 2 rings (SSSR count). The van der Waals surface area contributed by atoms with E-state index in [0.717, 1.165) is 12.5 Å². The van der Waals surface area contributed by atoms with Crippen LogP contribution in [0.1, 0.15) is 46.0 Å². The summed E-state index contributed by atoms with van der Waals surface area (Å²) in [6, 6.07) is 0.826. The predicted molar refractivity (Wildman–Crippen MR) is 96.1 cm³/mol. The maximum atomic E-state index is 2.74. The van der Waals surface area contributed by atoms with Crippen LogP contribution in [0.3, 0.4) is 0 Å². The number of rotatable bonds is 6. The van der Waals surface area contributed by atoms with Gasteiger partial charge in [0.25, 0.3) is 0 Å². The topological polar surface area (TPSA) is 9.72 Å². The fourth-order valence-corrected chi connectivity index (χ4v) is 3.59. The summed E-state index contributed by atoms with van der Waals surface area (Å²) in [5.74, 6) is 0. The summed E-state index contributed by atoms with van der Waals surface area (Å²) in [4.78, 5) is 7.79. The van der Waals surface area contributed by atoms with Gasteiger partial charge in [-0.25, -0.2) is 0 Å². The number of piperidine rings is 1. The van der Waals surface area contributed by atoms with Crippen LogP contribution in [-0.4, -0.2) is 67.1 Å². The molecule has 0 aromatic heterocycles. The SMILES string of the molecule is CC/C=C(\C=C/CCC)N1CCN(C2CCN(C)CC2)CC1. The lowest BCUT2D eigenvalue weighted by Gasteiger charge is -2.43. The van der Waals surface area contributed by atoms with Gasteiger partial charge in [-0.3, -0.25) is 4.90 Å². The molecule has 0 aromatic rings. The van der Waals surface area contributed by atoms with E-state index < -0.39 is 0 Å². The number of likely N-dealkylation sites (tertiary alicyclic amines) is 1. The van der Waals surface area contributed by atoms with Gasteiger partial charge < -0.3 is 9.80 Å². The molecular formula is C19H35N3. The summed E-state index contributed by atoms with van der Waals surface area (Å²) in [6.07, 6.45) is 13.3. The van der Waals surface area contributed by atoms with Crippen molar-refractivity contribution in [1.29, 1.82) is 0 Å². The molecule has 0 unspecified atom stereocenters. The van der Waals surface area contributed by atoms with E-state index in [1.165, 1.54) is 70.6 Å². The Hall–Kier alpha value is -0.800. The van der Waals surface area contributed by atoms with E-state index in [1.807, 2.05) is 0 Å². The lowest BCUT2D eigenvalue weighted by Crippen LogP contribution is -2.52. The van der Waals surface area contributed by atoms with Crippen molar-refractivity contribution >= 4 is 0 Å². The highest BCUT2D eigenvalue weighted by Crippen LogP contribution is 2.19. The number of nitrogens with zero attached hydrogens (tertiary/aromatic N) is 3. The zero-order valence-electron chi connectivity index (χ0n) is 14.9. The quantitative estimate of drug-likeness (QED) is 0.697. The summed E-state index contributed by atoms with van der Waals surface area (Å²) >= 11 is 0. The van der Waals surface area contributed by atoms with Crippen molar-refractivity contribution in [2.45, 2.75) is 52.0 Å². The van der Waals surface area contributed by atoms with Crippen molar-refractivity contribution in [2.75, 3.05) is 46.3 Å². The van der Waals surface area contributed by atoms with Gasteiger partial charge in [0, 0.05) is 37.9 Å². The lowest BCUT2D eigenvalue weighted by atomic mass is 10.0. The molecule has 126 valence electrons. The molecule has 0 aromatic carbocycles. The van der Waals surface area contributed by atoms with E-state index in [9.17, 15) is 0 Å². The van der Waals surface area contributed by atoms with Gasteiger partial charge in [0.05, 0.1) is 0 Å². The van der Waals surface area contributed by atoms with Crippen LogP contribution in [0.5, 0.6) is 0 Å². The third kappa shape index (κ3) is 5.13. The minimum Gasteiger partial charge on any atom is -0.369 e. The van der Waals surface area contributed by atoms with Crippen LogP contribution >= 0.6 is 0 Å². The number of unbranched alkanes of at least 4 members (excludes halogenated alkanes) is 1. The molecule has 2 aliphatic heterocycles. The minimum absolute atomic E-state index is 0.826. The fourth-order valence-electron chi connectivity index (χ4n) is 3.59. The number of hydrogen-bond acceptors (Lipinski definition) is 3. The van der Waals surface area contributed by atoms with E-state index in [4.69, 9.17) is 0 Å². The van der Waals surface area contributed by atoms with E-state index in [-0.39, 0.29) is 0 Å². The van der Waals surface area contributed by atoms with Gasteiger partial charge in [0.1, 0.15) is 0 Å². The van der Waals surface area contributed by atoms with Crippen LogP contribution in [0, 0.1) is 0 Å². The Balaban J connectivity index is 1.83. The van der Waals surface area contributed by atoms with Gasteiger partial charge in [0.15, 0.2) is 0 Å². The lowest BCUT2D eigenvalue weighted by molar-refractivity contribution is 0.0777. The zero-order chi connectivity index (χ0) is 15.8. The predicted octanol–water partition coefficient (Wildman–Crippen LogP) is 3.35. The second-order valence-electron chi connectivity index (χ2n) is 6.79. The first-order chi connectivity index (χ1) is 10.7. The van der Waals surface area contributed by atoms with Crippen LogP contribution in [0.4, 0.5) is 0 Å². The van der Waals surface area contributed by atoms with Crippen LogP contribution in [0.25, 0.3) is 0 Å². The molecule has 2 heterocycles. The summed E-state index contributed by atoms with van der Waals surface area (Å²) in [6.45, 7) is 11.9. The third-order valence-electron chi connectivity index (χ3n) is 5.04. The molecule has 0 N–H and O–H groups in total. The molecule has 3 nitrogen and oxygen atoms in total. The Morgan fingerprint density at radius 1 is 1.00 bits per heavy atom. The minimum atomic E-state index is 0.826. The van der Waals surface area contributed by atoms with E-state index in [0.29, 0.717) is 0 Å². The largest absolute Gasteiger partial charge is 0.369 e. The molecular weight excluding hydrogens is 270 g/mol. The van der Waals surface area contributed by atoms with Crippen molar-refractivity contribution in [3.05, 3.63) is 23.9 Å². The normalized spacial score (nSPS) is 23.6. The monoisotopic (exact) mass is 305 g/mol. The molecule has 0 atom stereocenters. The molecule has 2 fully saturated rings. The fraction of sp³-hybridized carbons (Fsp3) is 0.789. The summed E-state index contributed by atoms with van der Waals surface area (Å²) < 4.78 is 0. The molecule has 0 amide bonds. The summed E-state index contributed by atoms with van der Waals surface area (Å²) in [5, 5.41) is 0. The van der Waals surface area contributed by atoms with Crippen molar-refractivity contribution in [1.82, 2.24) is 14.7 Å². The number of allylic oxidation sites excluding steroid dienone is 3. The van der Waals surface area contributed by atoms with Crippen LogP contribution < -0.4 is 0 Å². The molecule has 3 heteroatoms. The Morgan fingerprint density at radius 2 is 1.68 bits per heavy atom. The van der Waals surface area contributed by atoms with Crippen molar-refractivity contribution in [3.8, 4) is 0 Å². The Bertz CT molecular complexity index is 359. The van der Waals surface area contributed by atoms with Crippen molar-refractivity contribution in [2.24, 2.45) is 0 Å². The standard InChI is InChI=1S/C19H35N3/c1-4-6-7-9-18(8-5-2)21-14-16-22(17-15-21)19-10-12-20(3)13-11-19/h7-9,19H,4-6,10-17H2,1-3H3/b9-7-,18-8+. The first-order valence-corrected chi connectivity index (χ1v) is 9.28. The molecule has 2 saturated heterocycles. The highest BCUT2D eigenvalue weighted by Gasteiger charge is 2.26. The summed E-state index contributed by atoms with van der Waals surface area (Å²) in [5.41, 5.74) is 1.44. The third-order valence-corrected chi connectivity index (χ3v) is 5.04. The van der Waals surface area contributed by atoms with Crippen LogP contribution in [0.15, 0.2) is 23.9 Å². The second kappa shape index (κ2) is 9.36. The van der Waals surface area contributed by atoms with E-state index in [2.05, 4.69) is 53.8 Å². The molecule has 0 aliphatic carbocycles. The molecule has 0 spiro atoms. The number of hydrogen-bond donors (Lipinski definition) is 0. The highest BCUT2D eigenvalue weighted by atomic mass is 15.3. The average molecular weight is 306 g/mol. The van der Waals surface area contributed by atoms with Gasteiger partial charge >= 0.3 is 0 Å². The smallest absolute Gasteiger partial charge is 0.0323 e.